The van der Waals surface area contributed by atoms with Gasteiger partial charge in [0, 0.05) is 35.0 Å². The fourth-order valence-electron chi connectivity index (χ4n) is 2.26. The minimum Gasteiger partial charge on any atom is -0.355 e. The van der Waals surface area contributed by atoms with Crippen LogP contribution in [0, 0.1) is 19.8 Å². The largest absolute Gasteiger partial charge is 0.355 e. The second-order valence-electron chi connectivity index (χ2n) is 5.95. The molecule has 0 fully saturated rings. The standard InChI is InChI=1S/C16H25N3S/c1-11(2)9-17-16-18-12(3)10-19(16)13(4)8-15-7-6-14(5)20-15/h6-7,10-11,13H,8-9H2,1-5H3,(H,17,18). The molecule has 0 radical (unpaired) electrons. The van der Waals surface area contributed by atoms with Crippen LogP contribution in [0.15, 0.2) is 18.3 Å². The number of aromatic nitrogens is 2. The summed E-state index contributed by atoms with van der Waals surface area (Å²) in [6.45, 7) is 11.9. The van der Waals surface area contributed by atoms with Crippen LogP contribution in [0.4, 0.5) is 5.95 Å². The summed E-state index contributed by atoms with van der Waals surface area (Å²) in [5.41, 5.74) is 1.07. The molecule has 1 N–H and O–H groups in total. The second kappa shape index (κ2) is 6.44. The Hall–Kier alpha value is -1.29. The van der Waals surface area contributed by atoms with Crippen LogP contribution < -0.4 is 5.32 Å². The lowest BCUT2D eigenvalue weighted by molar-refractivity contribution is 0.549. The first-order valence-corrected chi connectivity index (χ1v) is 8.12. The van der Waals surface area contributed by atoms with Gasteiger partial charge in [0.25, 0.3) is 0 Å². The quantitative estimate of drug-likeness (QED) is 0.853. The van der Waals surface area contributed by atoms with E-state index in [1.165, 1.54) is 9.75 Å². The molecule has 2 rings (SSSR count). The van der Waals surface area contributed by atoms with Gasteiger partial charge < -0.3 is 9.88 Å². The van der Waals surface area contributed by atoms with Crippen LogP contribution >= 0.6 is 11.3 Å². The summed E-state index contributed by atoms with van der Waals surface area (Å²) in [6.07, 6.45) is 3.21. The maximum atomic E-state index is 4.61. The number of hydrogen-bond donors (Lipinski definition) is 1. The van der Waals surface area contributed by atoms with Gasteiger partial charge in [0.15, 0.2) is 0 Å². The maximum Gasteiger partial charge on any atom is 0.203 e. The first kappa shape index (κ1) is 15.1. The molecule has 1 atom stereocenters. The minimum absolute atomic E-state index is 0.420. The Balaban J connectivity index is 2.10. The zero-order valence-corrected chi connectivity index (χ0v) is 13.9. The second-order valence-corrected chi connectivity index (χ2v) is 7.33. The number of imidazole rings is 1. The Morgan fingerprint density at radius 2 is 2.00 bits per heavy atom. The first-order valence-electron chi connectivity index (χ1n) is 7.30. The van der Waals surface area contributed by atoms with E-state index in [4.69, 9.17) is 0 Å². The predicted octanol–water partition coefficient (Wildman–Crippen LogP) is 4.43. The molecular formula is C16H25N3S. The van der Waals surface area contributed by atoms with E-state index < -0.39 is 0 Å². The number of aryl methyl sites for hydroxylation is 2. The summed E-state index contributed by atoms with van der Waals surface area (Å²) >= 11 is 1.89. The number of nitrogens with one attached hydrogen (secondary N) is 1. The average molecular weight is 291 g/mol. The van der Waals surface area contributed by atoms with Gasteiger partial charge in [0.2, 0.25) is 5.95 Å². The van der Waals surface area contributed by atoms with Gasteiger partial charge in [-0.1, -0.05) is 13.8 Å². The Bertz CT molecular complexity index is 554. The third kappa shape index (κ3) is 3.85. The third-order valence-electron chi connectivity index (χ3n) is 3.29. The van der Waals surface area contributed by atoms with Gasteiger partial charge in [-0.05, 0) is 38.8 Å². The normalized spacial score (nSPS) is 12.9. The highest BCUT2D eigenvalue weighted by molar-refractivity contribution is 7.11. The van der Waals surface area contributed by atoms with Crippen LogP contribution in [0.2, 0.25) is 0 Å². The van der Waals surface area contributed by atoms with Crippen molar-refractivity contribution in [3.8, 4) is 0 Å². The van der Waals surface area contributed by atoms with Gasteiger partial charge >= 0.3 is 0 Å². The summed E-state index contributed by atoms with van der Waals surface area (Å²) in [4.78, 5) is 7.43. The molecule has 0 spiro atoms. The molecule has 0 bridgehead atoms. The molecule has 2 heterocycles. The topological polar surface area (TPSA) is 29.9 Å². The summed E-state index contributed by atoms with van der Waals surface area (Å²) in [5.74, 6) is 1.62. The van der Waals surface area contributed by atoms with Gasteiger partial charge in [-0.15, -0.1) is 11.3 Å². The van der Waals surface area contributed by atoms with Crippen molar-refractivity contribution in [2.24, 2.45) is 5.92 Å². The Morgan fingerprint density at radius 3 is 2.60 bits per heavy atom. The van der Waals surface area contributed by atoms with Crippen LogP contribution in [0.1, 0.15) is 42.3 Å². The van der Waals surface area contributed by atoms with Crippen molar-refractivity contribution in [2.45, 2.75) is 47.1 Å². The van der Waals surface area contributed by atoms with Crippen LogP contribution in [-0.4, -0.2) is 16.1 Å². The molecule has 20 heavy (non-hydrogen) atoms. The SMILES string of the molecule is Cc1cn(C(C)Cc2ccc(C)s2)c(NCC(C)C)n1. The maximum absolute atomic E-state index is 4.61. The summed E-state index contributed by atoms with van der Waals surface area (Å²) in [5, 5.41) is 3.46. The lowest BCUT2D eigenvalue weighted by Crippen LogP contribution is -2.15. The molecule has 0 amide bonds. The molecule has 4 heteroatoms. The molecule has 0 aliphatic carbocycles. The van der Waals surface area contributed by atoms with Crippen LogP contribution in [0.3, 0.4) is 0 Å². The van der Waals surface area contributed by atoms with Crippen molar-refractivity contribution < 1.29 is 0 Å². The summed E-state index contributed by atoms with van der Waals surface area (Å²) in [6, 6.07) is 4.86. The Labute approximate surface area is 126 Å². The van der Waals surface area contributed by atoms with Crippen molar-refractivity contribution in [2.75, 3.05) is 11.9 Å². The molecule has 110 valence electrons. The van der Waals surface area contributed by atoms with E-state index in [0.29, 0.717) is 12.0 Å². The first-order chi connectivity index (χ1) is 9.45. The van der Waals surface area contributed by atoms with E-state index in [9.17, 15) is 0 Å². The Kier molecular flexibility index (Phi) is 4.86. The molecule has 2 aromatic heterocycles. The minimum atomic E-state index is 0.420. The van der Waals surface area contributed by atoms with Crippen molar-refractivity contribution in [3.63, 3.8) is 0 Å². The number of thiophene rings is 1. The number of anilines is 1. The molecule has 0 saturated heterocycles. The molecule has 0 saturated carbocycles. The average Bonchev–Trinajstić information content (AvgIpc) is 2.93. The zero-order valence-electron chi connectivity index (χ0n) is 13.1. The lowest BCUT2D eigenvalue weighted by Gasteiger charge is -2.17. The molecule has 0 aliphatic rings. The van der Waals surface area contributed by atoms with Crippen LogP contribution in [0.5, 0.6) is 0 Å². The molecule has 0 aromatic carbocycles. The van der Waals surface area contributed by atoms with Crippen LogP contribution in [-0.2, 0) is 6.42 Å². The molecule has 3 nitrogen and oxygen atoms in total. The van der Waals surface area contributed by atoms with Crippen molar-refractivity contribution in [1.82, 2.24) is 9.55 Å². The summed E-state index contributed by atoms with van der Waals surface area (Å²) < 4.78 is 2.27. The molecule has 1 unspecified atom stereocenters. The van der Waals surface area contributed by atoms with Gasteiger partial charge in [-0.3, -0.25) is 0 Å². The fraction of sp³-hybridized carbons (Fsp3) is 0.562. The zero-order chi connectivity index (χ0) is 14.7. The van der Waals surface area contributed by atoms with Gasteiger partial charge in [-0.2, -0.15) is 0 Å². The highest BCUT2D eigenvalue weighted by atomic mass is 32.1. The Morgan fingerprint density at radius 1 is 1.25 bits per heavy atom. The monoisotopic (exact) mass is 291 g/mol. The van der Waals surface area contributed by atoms with Gasteiger partial charge in [-0.25, -0.2) is 4.98 Å². The predicted molar refractivity (Wildman–Crippen MR) is 87.8 cm³/mol. The number of rotatable bonds is 6. The van der Waals surface area contributed by atoms with Crippen molar-refractivity contribution in [1.29, 1.82) is 0 Å². The van der Waals surface area contributed by atoms with Crippen LogP contribution in [0.25, 0.3) is 0 Å². The molecule has 0 aliphatic heterocycles. The molecular weight excluding hydrogens is 266 g/mol. The third-order valence-corrected chi connectivity index (χ3v) is 4.31. The number of hydrogen-bond acceptors (Lipinski definition) is 3. The molecule has 2 aromatic rings. The highest BCUT2D eigenvalue weighted by Crippen LogP contribution is 2.24. The van der Waals surface area contributed by atoms with E-state index in [2.05, 4.69) is 67.8 Å². The lowest BCUT2D eigenvalue weighted by atomic mass is 10.2. The van der Waals surface area contributed by atoms with Gasteiger partial charge in [0.1, 0.15) is 0 Å². The van der Waals surface area contributed by atoms with E-state index in [0.717, 1.165) is 24.6 Å². The fourth-order valence-corrected chi connectivity index (χ4v) is 3.27. The smallest absolute Gasteiger partial charge is 0.203 e. The number of nitrogens with zero attached hydrogens (tertiary/aromatic N) is 2. The summed E-state index contributed by atoms with van der Waals surface area (Å²) in [7, 11) is 0. The van der Waals surface area contributed by atoms with Crippen molar-refractivity contribution >= 4 is 17.3 Å². The van der Waals surface area contributed by atoms with E-state index in [1.54, 1.807) is 0 Å². The highest BCUT2D eigenvalue weighted by Gasteiger charge is 2.13. The van der Waals surface area contributed by atoms with E-state index in [-0.39, 0.29) is 0 Å². The van der Waals surface area contributed by atoms with Gasteiger partial charge in [0.05, 0.1) is 5.69 Å². The van der Waals surface area contributed by atoms with Crippen molar-refractivity contribution in [3.05, 3.63) is 33.8 Å². The van der Waals surface area contributed by atoms with E-state index in [1.807, 2.05) is 11.3 Å². The van der Waals surface area contributed by atoms with E-state index >= 15 is 0 Å².